The van der Waals surface area contributed by atoms with Crippen LogP contribution in [0.25, 0.3) is 16.5 Å². The van der Waals surface area contributed by atoms with Crippen LogP contribution in [0.1, 0.15) is 5.56 Å². The molecule has 0 aliphatic carbocycles. The van der Waals surface area contributed by atoms with E-state index in [9.17, 15) is 0 Å². The molecule has 3 nitrogen and oxygen atoms in total. The summed E-state index contributed by atoms with van der Waals surface area (Å²) in [5, 5.41) is 15.3. The Morgan fingerprint density at radius 3 is 2.53 bits per heavy atom. The lowest BCUT2D eigenvalue weighted by atomic mass is 10.0. The molecule has 0 spiro atoms. The number of benzene rings is 2. The van der Waals surface area contributed by atoms with Crippen LogP contribution in [0.2, 0.25) is 0 Å². The van der Waals surface area contributed by atoms with Gasteiger partial charge in [0.2, 0.25) is 0 Å². The van der Waals surface area contributed by atoms with Gasteiger partial charge < -0.3 is 0 Å². The van der Waals surface area contributed by atoms with Crippen molar-refractivity contribution in [1.82, 2.24) is 9.78 Å². The van der Waals surface area contributed by atoms with Gasteiger partial charge in [0, 0.05) is 23.2 Å². The summed E-state index contributed by atoms with van der Waals surface area (Å²) in [7, 11) is 0. The van der Waals surface area contributed by atoms with Gasteiger partial charge in [0.25, 0.3) is 0 Å². The molecule has 3 rings (SSSR count). The van der Waals surface area contributed by atoms with Gasteiger partial charge in [0.1, 0.15) is 0 Å². The predicted octanol–water partition coefficient (Wildman–Crippen LogP) is 2.90. The molecule has 0 aliphatic rings. The molecule has 0 atom stereocenters. The number of aromatic nitrogens is 2. The Labute approximate surface area is 98.5 Å². The zero-order chi connectivity index (χ0) is 11.7. The van der Waals surface area contributed by atoms with Crippen molar-refractivity contribution in [3.63, 3.8) is 0 Å². The van der Waals surface area contributed by atoms with Gasteiger partial charge in [-0.15, -0.1) is 0 Å². The minimum absolute atomic E-state index is 0.691. The molecule has 80 valence electrons. The zero-order valence-electron chi connectivity index (χ0n) is 9.04. The molecule has 0 aliphatic heterocycles. The van der Waals surface area contributed by atoms with Crippen LogP contribution in [0.3, 0.4) is 0 Å². The van der Waals surface area contributed by atoms with Crippen molar-refractivity contribution in [3.05, 3.63) is 60.4 Å². The number of hydrogen-bond acceptors (Lipinski definition) is 2. The predicted molar refractivity (Wildman–Crippen MR) is 65.8 cm³/mol. The Morgan fingerprint density at radius 2 is 1.82 bits per heavy atom. The Bertz CT molecular complexity index is 706. The van der Waals surface area contributed by atoms with Crippen LogP contribution >= 0.6 is 0 Å². The minimum Gasteiger partial charge on any atom is -0.240 e. The second-order valence-electron chi connectivity index (χ2n) is 3.74. The standard InChI is InChI=1S/C14H9N3/c15-10-11-6-7-14(17-9-3-8-16-17)13-5-2-1-4-12(11)13/h1-9H. The fourth-order valence-electron chi connectivity index (χ4n) is 1.99. The number of nitriles is 1. The number of fused-ring (bicyclic) bond motifs is 1. The molecule has 1 aromatic heterocycles. The van der Waals surface area contributed by atoms with Gasteiger partial charge in [-0.05, 0) is 18.2 Å². The summed E-state index contributed by atoms with van der Waals surface area (Å²) in [5.74, 6) is 0. The summed E-state index contributed by atoms with van der Waals surface area (Å²) in [6.07, 6.45) is 3.64. The Balaban J connectivity index is 2.40. The summed E-state index contributed by atoms with van der Waals surface area (Å²) >= 11 is 0. The highest BCUT2D eigenvalue weighted by Crippen LogP contribution is 2.24. The van der Waals surface area contributed by atoms with E-state index in [0.717, 1.165) is 16.5 Å². The van der Waals surface area contributed by atoms with Crippen LogP contribution < -0.4 is 0 Å². The number of hydrogen-bond donors (Lipinski definition) is 0. The lowest BCUT2D eigenvalue weighted by molar-refractivity contribution is 0.887. The molecule has 1 heterocycles. The molecular weight excluding hydrogens is 210 g/mol. The summed E-state index contributed by atoms with van der Waals surface area (Å²) in [6.45, 7) is 0. The molecule has 0 unspecified atom stereocenters. The SMILES string of the molecule is N#Cc1ccc(-n2cccn2)c2ccccc12. The highest BCUT2D eigenvalue weighted by molar-refractivity contribution is 5.94. The van der Waals surface area contributed by atoms with Gasteiger partial charge in [0.15, 0.2) is 0 Å². The Kier molecular flexibility index (Phi) is 2.13. The first kappa shape index (κ1) is 9.61. The highest BCUT2D eigenvalue weighted by atomic mass is 15.3. The summed E-state index contributed by atoms with van der Waals surface area (Å²) in [6, 6.07) is 15.7. The van der Waals surface area contributed by atoms with Crippen LogP contribution in [-0.4, -0.2) is 9.78 Å². The van der Waals surface area contributed by atoms with Crippen molar-refractivity contribution in [1.29, 1.82) is 5.26 Å². The third kappa shape index (κ3) is 1.47. The van der Waals surface area contributed by atoms with Gasteiger partial charge in [0.05, 0.1) is 17.3 Å². The van der Waals surface area contributed by atoms with E-state index in [2.05, 4.69) is 11.2 Å². The maximum Gasteiger partial charge on any atom is 0.0998 e. The van der Waals surface area contributed by atoms with Gasteiger partial charge in [-0.25, -0.2) is 4.68 Å². The summed E-state index contributed by atoms with van der Waals surface area (Å²) < 4.78 is 1.81. The van der Waals surface area contributed by atoms with Gasteiger partial charge >= 0.3 is 0 Å². The van der Waals surface area contributed by atoms with Crippen LogP contribution in [0.4, 0.5) is 0 Å². The van der Waals surface area contributed by atoms with E-state index in [0.29, 0.717) is 5.56 Å². The smallest absolute Gasteiger partial charge is 0.0998 e. The maximum atomic E-state index is 9.08. The van der Waals surface area contributed by atoms with Crippen LogP contribution in [0, 0.1) is 11.3 Å². The van der Waals surface area contributed by atoms with E-state index in [1.54, 1.807) is 6.20 Å². The van der Waals surface area contributed by atoms with Crippen molar-refractivity contribution in [2.45, 2.75) is 0 Å². The molecule has 0 N–H and O–H groups in total. The lowest BCUT2D eigenvalue weighted by Crippen LogP contribution is -1.96. The first-order valence-corrected chi connectivity index (χ1v) is 5.32. The van der Waals surface area contributed by atoms with Crippen molar-refractivity contribution < 1.29 is 0 Å². The third-order valence-electron chi connectivity index (χ3n) is 2.77. The normalized spacial score (nSPS) is 10.3. The Hall–Kier alpha value is -2.60. The molecule has 0 fully saturated rings. The van der Waals surface area contributed by atoms with E-state index in [-0.39, 0.29) is 0 Å². The molecule has 0 saturated carbocycles. The number of rotatable bonds is 1. The molecule has 0 bridgehead atoms. The van der Waals surface area contributed by atoms with Gasteiger partial charge in [-0.1, -0.05) is 24.3 Å². The molecule has 0 saturated heterocycles. The monoisotopic (exact) mass is 219 g/mol. The van der Waals surface area contributed by atoms with E-state index < -0.39 is 0 Å². The third-order valence-corrected chi connectivity index (χ3v) is 2.77. The van der Waals surface area contributed by atoms with Gasteiger partial charge in [-0.3, -0.25) is 0 Å². The molecular formula is C14H9N3. The topological polar surface area (TPSA) is 41.6 Å². The average molecular weight is 219 g/mol. The highest BCUT2D eigenvalue weighted by Gasteiger charge is 2.06. The van der Waals surface area contributed by atoms with Crippen molar-refractivity contribution in [2.75, 3.05) is 0 Å². The van der Waals surface area contributed by atoms with E-state index >= 15 is 0 Å². The Morgan fingerprint density at radius 1 is 1.00 bits per heavy atom. The molecule has 3 heteroatoms. The summed E-state index contributed by atoms with van der Waals surface area (Å²) in [5.41, 5.74) is 1.68. The largest absolute Gasteiger partial charge is 0.240 e. The fraction of sp³-hybridized carbons (Fsp3) is 0. The van der Waals surface area contributed by atoms with Crippen LogP contribution in [0.5, 0.6) is 0 Å². The molecule has 0 radical (unpaired) electrons. The van der Waals surface area contributed by atoms with E-state index in [1.807, 2.05) is 53.3 Å². The zero-order valence-corrected chi connectivity index (χ0v) is 9.04. The van der Waals surface area contributed by atoms with Crippen LogP contribution in [-0.2, 0) is 0 Å². The first-order chi connectivity index (χ1) is 8.40. The van der Waals surface area contributed by atoms with Crippen molar-refractivity contribution in [3.8, 4) is 11.8 Å². The van der Waals surface area contributed by atoms with Crippen LogP contribution in [0.15, 0.2) is 54.9 Å². The fourth-order valence-corrected chi connectivity index (χ4v) is 1.99. The van der Waals surface area contributed by atoms with E-state index in [1.165, 1.54) is 0 Å². The average Bonchev–Trinajstić information content (AvgIpc) is 2.91. The maximum absolute atomic E-state index is 9.08. The van der Waals surface area contributed by atoms with Crippen molar-refractivity contribution in [2.24, 2.45) is 0 Å². The lowest BCUT2D eigenvalue weighted by Gasteiger charge is -2.07. The molecule has 3 aromatic rings. The summed E-state index contributed by atoms with van der Waals surface area (Å²) in [4.78, 5) is 0. The number of nitrogens with zero attached hydrogens (tertiary/aromatic N) is 3. The molecule has 0 amide bonds. The quantitative estimate of drug-likeness (QED) is 0.631. The van der Waals surface area contributed by atoms with Crippen molar-refractivity contribution >= 4 is 10.8 Å². The second kappa shape index (κ2) is 3.76. The minimum atomic E-state index is 0.691. The van der Waals surface area contributed by atoms with E-state index in [4.69, 9.17) is 5.26 Å². The molecule has 17 heavy (non-hydrogen) atoms. The second-order valence-corrected chi connectivity index (χ2v) is 3.74. The van der Waals surface area contributed by atoms with Gasteiger partial charge in [-0.2, -0.15) is 10.4 Å². The molecule has 2 aromatic carbocycles. The first-order valence-electron chi connectivity index (χ1n) is 5.32.